The molecule has 3 heteroatoms. The van der Waals surface area contributed by atoms with Crippen LogP contribution in [-0.2, 0) is 0 Å². The van der Waals surface area contributed by atoms with Crippen LogP contribution in [0.15, 0.2) is 18.2 Å². The molecule has 0 aromatic heterocycles. The zero-order chi connectivity index (χ0) is 10.7. The summed E-state index contributed by atoms with van der Waals surface area (Å²) in [6.45, 7) is 2.23. The van der Waals surface area contributed by atoms with E-state index in [-0.39, 0.29) is 5.82 Å². The smallest absolute Gasteiger partial charge is 0.124 e. The third kappa shape index (κ3) is 2.83. The lowest BCUT2D eigenvalue weighted by molar-refractivity contribution is 0.626. The minimum Gasteiger partial charge on any atom is -0.371 e. The topological polar surface area (TPSA) is 3.24 Å². The Morgan fingerprint density at radius 2 is 1.73 bits per heavy atom. The van der Waals surface area contributed by atoms with Gasteiger partial charge in [-0.2, -0.15) is 0 Å². The maximum absolute atomic E-state index is 13.0. The van der Waals surface area contributed by atoms with Crippen LogP contribution in [-0.4, -0.2) is 13.1 Å². The first-order chi connectivity index (χ1) is 7.27. The van der Waals surface area contributed by atoms with Gasteiger partial charge in [0.05, 0.1) is 5.69 Å². The highest BCUT2D eigenvalue weighted by Crippen LogP contribution is 2.25. The fraction of sp³-hybridized carbons (Fsp3) is 0.500. The van der Waals surface area contributed by atoms with Gasteiger partial charge in [0.1, 0.15) is 5.82 Å². The Morgan fingerprint density at radius 1 is 1.07 bits per heavy atom. The molecule has 0 N–H and O–H groups in total. The highest BCUT2D eigenvalue weighted by Gasteiger charge is 2.12. The third-order valence-electron chi connectivity index (χ3n) is 2.86. The van der Waals surface area contributed by atoms with Crippen molar-refractivity contribution in [3.05, 3.63) is 27.6 Å². The second kappa shape index (κ2) is 5.14. The Labute approximate surface area is 104 Å². The molecule has 0 saturated carbocycles. The van der Waals surface area contributed by atoms with Crippen LogP contribution in [0.1, 0.15) is 25.7 Å². The molecule has 15 heavy (non-hydrogen) atoms. The molecule has 82 valence electrons. The molecule has 0 radical (unpaired) electrons. The number of rotatable bonds is 1. The maximum Gasteiger partial charge on any atom is 0.124 e. The van der Waals surface area contributed by atoms with Crippen molar-refractivity contribution in [2.75, 3.05) is 18.0 Å². The van der Waals surface area contributed by atoms with Crippen LogP contribution in [0.3, 0.4) is 0 Å². The van der Waals surface area contributed by atoms with Gasteiger partial charge in [-0.25, -0.2) is 4.39 Å². The van der Waals surface area contributed by atoms with Crippen molar-refractivity contribution < 1.29 is 4.39 Å². The highest BCUT2D eigenvalue weighted by molar-refractivity contribution is 14.1. The normalized spacial score (nSPS) is 17.6. The van der Waals surface area contributed by atoms with Crippen molar-refractivity contribution >= 4 is 28.3 Å². The quantitative estimate of drug-likeness (QED) is 0.712. The lowest BCUT2D eigenvalue weighted by atomic mass is 10.2. The average molecular weight is 319 g/mol. The minimum absolute atomic E-state index is 0.141. The summed E-state index contributed by atoms with van der Waals surface area (Å²) in [7, 11) is 0. The molecule has 0 spiro atoms. The molecule has 0 unspecified atom stereocenters. The molecular weight excluding hydrogens is 304 g/mol. The third-order valence-corrected chi connectivity index (χ3v) is 3.72. The predicted molar refractivity (Wildman–Crippen MR) is 69.8 cm³/mol. The van der Waals surface area contributed by atoms with Gasteiger partial charge in [-0.15, -0.1) is 0 Å². The summed E-state index contributed by atoms with van der Waals surface area (Å²) in [5.74, 6) is -0.141. The van der Waals surface area contributed by atoms with E-state index in [1.54, 1.807) is 12.1 Å². The number of nitrogens with zero attached hydrogens (tertiary/aromatic N) is 1. The number of halogens is 2. The van der Waals surface area contributed by atoms with E-state index in [1.807, 2.05) is 6.07 Å². The Balaban J connectivity index is 2.19. The Bertz CT molecular complexity index is 332. The number of hydrogen-bond donors (Lipinski definition) is 0. The van der Waals surface area contributed by atoms with E-state index in [0.29, 0.717) is 0 Å². The first-order valence-electron chi connectivity index (χ1n) is 5.47. The molecule has 1 saturated heterocycles. The van der Waals surface area contributed by atoms with Crippen molar-refractivity contribution in [3.63, 3.8) is 0 Å². The molecule has 1 aromatic carbocycles. The summed E-state index contributed by atoms with van der Waals surface area (Å²) in [5.41, 5.74) is 1.19. The van der Waals surface area contributed by atoms with Crippen LogP contribution in [0.5, 0.6) is 0 Å². The van der Waals surface area contributed by atoms with Gasteiger partial charge in [-0.3, -0.25) is 0 Å². The number of hydrogen-bond acceptors (Lipinski definition) is 1. The standard InChI is InChI=1S/C12H15FIN/c13-10-5-6-12(11(14)9-10)15-7-3-1-2-4-8-15/h5-6,9H,1-4,7-8H2. The number of benzene rings is 1. The second-order valence-electron chi connectivity index (χ2n) is 4.00. The summed E-state index contributed by atoms with van der Waals surface area (Å²) >= 11 is 2.22. The molecule has 2 rings (SSSR count). The van der Waals surface area contributed by atoms with Gasteiger partial charge >= 0.3 is 0 Å². The van der Waals surface area contributed by atoms with Crippen LogP contribution in [0.2, 0.25) is 0 Å². The van der Waals surface area contributed by atoms with Crippen molar-refractivity contribution in [3.8, 4) is 0 Å². The van der Waals surface area contributed by atoms with E-state index in [1.165, 1.54) is 31.4 Å². The molecule has 0 atom stereocenters. The van der Waals surface area contributed by atoms with Crippen molar-refractivity contribution in [2.24, 2.45) is 0 Å². The Hall–Kier alpha value is -0.320. The van der Waals surface area contributed by atoms with E-state index >= 15 is 0 Å². The van der Waals surface area contributed by atoms with E-state index in [9.17, 15) is 4.39 Å². The first-order valence-corrected chi connectivity index (χ1v) is 6.55. The lowest BCUT2D eigenvalue weighted by Gasteiger charge is -2.23. The van der Waals surface area contributed by atoms with Crippen molar-refractivity contribution in [1.82, 2.24) is 0 Å². The highest BCUT2D eigenvalue weighted by atomic mass is 127. The fourth-order valence-electron chi connectivity index (χ4n) is 2.05. The summed E-state index contributed by atoms with van der Waals surface area (Å²) in [6.07, 6.45) is 5.17. The molecule has 1 aliphatic rings. The summed E-state index contributed by atoms with van der Waals surface area (Å²) in [4.78, 5) is 2.38. The fourth-order valence-corrected chi connectivity index (χ4v) is 2.87. The molecule has 1 heterocycles. The van der Waals surface area contributed by atoms with Gasteiger partial charge in [-0.05, 0) is 53.6 Å². The molecule has 1 aliphatic heterocycles. The van der Waals surface area contributed by atoms with E-state index < -0.39 is 0 Å². The van der Waals surface area contributed by atoms with E-state index in [0.717, 1.165) is 16.7 Å². The average Bonchev–Trinajstić information content (AvgIpc) is 2.46. The largest absolute Gasteiger partial charge is 0.371 e. The second-order valence-corrected chi connectivity index (χ2v) is 5.16. The van der Waals surface area contributed by atoms with Crippen LogP contribution < -0.4 is 4.90 Å². The summed E-state index contributed by atoms with van der Waals surface area (Å²) in [5, 5.41) is 0. The van der Waals surface area contributed by atoms with E-state index in [2.05, 4.69) is 27.5 Å². The SMILES string of the molecule is Fc1ccc(N2CCCCCC2)c(I)c1. The zero-order valence-corrected chi connectivity index (χ0v) is 10.8. The minimum atomic E-state index is -0.141. The molecule has 1 aromatic rings. The van der Waals surface area contributed by atoms with Crippen LogP contribution in [0.4, 0.5) is 10.1 Å². The Morgan fingerprint density at radius 3 is 2.33 bits per heavy atom. The van der Waals surface area contributed by atoms with Crippen molar-refractivity contribution in [2.45, 2.75) is 25.7 Å². The maximum atomic E-state index is 13.0. The molecular formula is C12H15FIN. The van der Waals surface area contributed by atoms with Crippen LogP contribution in [0.25, 0.3) is 0 Å². The summed E-state index contributed by atoms with van der Waals surface area (Å²) in [6, 6.07) is 5.07. The lowest BCUT2D eigenvalue weighted by Crippen LogP contribution is -2.24. The summed E-state index contributed by atoms with van der Waals surface area (Å²) < 4.78 is 14.0. The van der Waals surface area contributed by atoms with Gasteiger partial charge < -0.3 is 4.90 Å². The van der Waals surface area contributed by atoms with Gasteiger partial charge in [0.15, 0.2) is 0 Å². The van der Waals surface area contributed by atoms with Crippen LogP contribution >= 0.6 is 22.6 Å². The monoisotopic (exact) mass is 319 g/mol. The molecule has 0 aliphatic carbocycles. The molecule has 1 nitrogen and oxygen atoms in total. The van der Waals surface area contributed by atoms with Crippen molar-refractivity contribution in [1.29, 1.82) is 0 Å². The van der Waals surface area contributed by atoms with Crippen LogP contribution in [0, 0.1) is 9.39 Å². The Kier molecular flexibility index (Phi) is 3.83. The molecule has 1 fully saturated rings. The molecule has 0 bridgehead atoms. The van der Waals surface area contributed by atoms with Gasteiger partial charge in [0.25, 0.3) is 0 Å². The zero-order valence-electron chi connectivity index (χ0n) is 8.68. The van der Waals surface area contributed by atoms with Gasteiger partial charge in [-0.1, -0.05) is 12.8 Å². The van der Waals surface area contributed by atoms with E-state index in [4.69, 9.17) is 0 Å². The van der Waals surface area contributed by atoms with Gasteiger partial charge in [0, 0.05) is 16.7 Å². The molecule has 0 amide bonds. The van der Waals surface area contributed by atoms with Gasteiger partial charge in [0.2, 0.25) is 0 Å². The first kappa shape index (κ1) is 11.2. The number of anilines is 1. The predicted octanol–water partition coefficient (Wildman–Crippen LogP) is 3.81.